The average molecular weight is 262 g/mol. The van der Waals surface area contributed by atoms with E-state index in [1.807, 2.05) is 25.1 Å². The van der Waals surface area contributed by atoms with Gasteiger partial charge in [0.2, 0.25) is 5.91 Å². The Kier molecular flexibility index (Phi) is 2.91. The van der Waals surface area contributed by atoms with Crippen molar-refractivity contribution in [3.05, 3.63) is 18.2 Å². The number of para-hydroxylation sites is 1. The van der Waals surface area contributed by atoms with E-state index in [0.29, 0.717) is 11.7 Å². The van der Waals surface area contributed by atoms with E-state index in [-0.39, 0.29) is 11.8 Å². The van der Waals surface area contributed by atoms with Crippen LogP contribution in [0.15, 0.2) is 18.2 Å². The minimum absolute atomic E-state index is 0.0898. The largest absolute Gasteiger partial charge is 0.492 e. The third-order valence-electron chi connectivity index (χ3n) is 2.86. The molecule has 1 saturated carbocycles. The van der Waals surface area contributed by atoms with Gasteiger partial charge in [-0.25, -0.2) is 4.98 Å². The van der Waals surface area contributed by atoms with Crippen LogP contribution in [-0.4, -0.2) is 17.5 Å². The topological polar surface area (TPSA) is 51.2 Å². The van der Waals surface area contributed by atoms with Crippen molar-refractivity contribution < 1.29 is 9.53 Å². The Morgan fingerprint density at radius 3 is 3.11 bits per heavy atom. The number of hydrogen-bond acceptors (Lipinski definition) is 4. The number of hydrogen-bond donors (Lipinski definition) is 1. The minimum atomic E-state index is 0.0898. The number of nitrogens with one attached hydrogen (secondary N) is 1. The fourth-order valence-electron chi connectivity index (χ4n) is 1.80. The first-order valence-electron chi connectivity index (χ1n) is 6.11. The number of carbonyl (C=O) groups excluding carboxylic acids is 1. The summed E-state index contributed by atoms with van der Waals surface area (Å²) >= 11 is 1.49. The van der Waals surface area contributed by atoms with Crippen LogP contribution in [0.1, 0.15) is 19.8 Å². The molecule has 1 aromatic carbocycles. The summed E-state index contributed by atoms with van der Waals surface area (Å²) < 4.78 is 6.56. The van der Waals surface area contributed by atoms with Gasteiger partial charge in [0, 0.05) is 5.92 Å². The Morgan fingerprint density at radius 1 is 1.56 bits per heavy atom. The minimum Gasteiger partial charge on any atom is -0.492 e. The van der Waals surface area contributed by atoms with Gasteiger partial charge in [-0.1, -0.05) is 17.4 Å². The summed E-state index contributed by atoms with van der Waals surface area (Å²) in [4.78, 5) is 16.1. The lowest BCUT2D eigenvalue weighted by Crippen LogP contribution is -2.12. The number of aromatic nitrogens is 1. The van der Waals surface area contributed by atoms with Crippen LogP contribution >= 0.6 is 11.3 Å². The summed E-state index contributed by atoms with van der Waals surface area (Å²) in [5.41, 5.74) is 0.829. The van der Waals surface area contributed by atoms with Gasteiger partial charge in [-0.2, -0.15) is 0 Å². The Hall–Kier alpha value is -1.62. The van der Waals surface area contributed by atoms with Crippen molar-refractivity contribution in [2.45, 2.75) is 19.8 Å². The fourth-order valence-corrected chi connectivity index (χ4v) is 2.69. The van der Waals surface area contributed by atoms with E-state index in [1.54, 1.807) is 0 Å². The molecule has 1 fully saturated rings. The van der Waals surface area contributed by atoms with E-state index < -0.39 is 0 Å². The number of rotatable bonds is 4. The van der Waals surface area contributed by atoms with E-state index in [0.717, 1.165) is 28.8 Å². The van der Waals surface area contributed by atoms with Crippen molar-refractivity contribution in [2.75, 3.05) is 11.9 Å². The maximum atomic E-state index is 11.7. The number of carbonyl (C=O) groups is 1. The van der Waals surface area contributed by atoms with Gasteiger partial charge in [0.15, 0.2) is 5.13 Å². The predicted octanol–water partition coefficient (Wildman–Crippen LogP) is 3.04. The number of fused-ring (bicyclic) bond motifs is 1. The van der Waals surface area contributed by atoms with E-state index >= 15 is 0 Å². The smallest absolute Gasteiger partial charge is 0.229 e. The lowest BCUT2D eigenvalue weighted by Gasteiger charge is -2.02. The lowest BCUT2D eigenvalue weighted by molar-refractivity contribution is -0.117. The molecule has 5 heteroatoms. The second-order valence-corrected chi connectivity index (χ2v) is 5.35. The molecule has 0 atom stereocenters. The first kappa shape index (κ1) is 11.5. The molecule has 1 heterocycles. The highest BCUT2D eigenvalue weighted by molar-refractivity contribution is 7.22. The van der Waals surface area contributed by atoms with Crippen molar-refractivity contribution in [2.24, 2.45) is 5.92 Å². The van der Waals surface area contributed by atoms with Gasteiger partial charge in [0.25, 0.3) is 0 Å². The Morgan fingerprint density at radius 2 is 2.39 bits per heavy atom. The van der Waals surface area contributed by atoms with Gasteiger partial charge < -0.3 is 10.1 Å². The van der Waals surface area contributed by atoms with Crippen LogP contribution in [0.25, 0.3) is 10.2 Å². The predicted molar refractivity (Wildman–Crippen MR) is 72.1 cm³/mol. The number of benzene rings is 1. The van der Waals surface area contributed by atoms with Gasteiger partial charge in [0.1, 0.15) is 11.3 Å². The molecule has 0 spiro atoms. The molecule has 1 aromatic heterocycles. The second-order valence-electron chi connectivity index (χ2n) is 4.32. The zero-order valence-electron chi connectivity index (χ0n) is 10.1. The summed E-state index contributed by atoms with van der Waals surface area (Å²) in [6.07, 6.45) is 2.00. The molecule has 1 aliphatic rings. The van der Waals surface area contributed by atoms with Crippen LogP contribution in [0.2, 0.25) is 0 Å². The van der Waals surface area contributed by atoms with Crippen molar-refractivity contribution in [1.82, 2.24) is 4.98 Å². The zero-order valence-corrected chi connectivity index (χ0v) is 10.9. The van der Waals surface area contributed by atoms with E-state index in [9.17, 15) is 4.79 Å². The summed E-state index contributed by atoms with van der Waals surface area (Å²) in [7, 11) is 0. The molecule has 1 N–H and O–H groups in total. The first-order chi connectivity index (χ1) is 8.78. The molecule has 2 aromatic rings. The number of nitrogens with zero attached hydrogens (tertiary/aromatic N) is 1. The van der Waals surface area contributed by atoms with E-state index in [2.05, 4.69) is 10.3 Å². The number of amides is 1. The summed E-state index contributed by atoms with van der Waals surface area (Å²) in [5, 5.41) is 3.54. The summed E-state index contributed by atoms with van der Waals surface area (Å²) in [6, 6.07) is 5.83. The van der Waals surface area contributed by atoms with Gasteiger partial charge in [0.05, 0.1) is 11.3 Å². The third kappa shape index (κ3) is 2.18. The SMILES string of the molecule is CCOc1cccc2sc(NC(=O)C3CC3)nc12. The van der Waals surface area contributed by atoms with Crippen molar-refractivity contribution in [3.8, 4) is 5.75 Å². The Bertz CT molecular complexity index is 590. The highest BCUT2D eigenvalue weighted by Gasteiger charge is 2.30. The van der Waals surface area contributed by atoms with Gasteiger partial charge in [-0.15, -0.1) is 0 Å². The molecular weight excluding hydrogens is 248 g/mol. The van der Waals surface area contributed by atoms with E-state index in [4.69, 9.17) is 4.74 Å². The van der Waals surface area contributed by atoms with Gasteiger partial charge >= 0.3 is 0 Å². The molecule has 1 aliphatic carbocycles. The van der Waals surface area contributed by atoms with Crippen LogP contribution in [-0.2, 0) is 4.79 Å². The maximum Gasteiger partial charge on any atom is 0.229 e. The molecule has 94 valence electrons. The van der Waals surface area contributed by atoms with E-state index in [1.165, 1.54) is 11.3 Å². The molecule has 0 aliphatic heterocycles. The molecule has 18 heavy (non-hydrogen) atoms. The molecule has 1 amide bonds. The van der Waals surface area contributed by atoms with Crippen molar-refractivity contribution in [3.63, 3.8) is 0 Å². The highest BCUT2D eigenvalue weighted by atomic mass is 32.1. The third-order valence-corrected chi connectivity index (χ3v) is 3.80. The molecular formula is C13H14N2O2S. The first-order valence-corrected chi connectivity index (χ1v) is 6.93. The monoisotopic (exact) mass is 262 g/mol. The summed E-state index contributed by atoms with van der Waals surface area (Å²) in [6.45, 7) is 2.56. The van der Waals surface area contributed by atoms with Crippen LogP contribution < -0.4 is 10.1 Å². The zero-order chi connectivity index (χ0) is 12.5. The Balaban J connectivity index is 1.89. The number of thiazole rings is 1. The van der Waals surface area contributed by atoms with Crippen LogP contribution in [0.3, 0.4) is 0 Å². The average Bonchev–Trinajstić information content (AvgIpc) is 3.11. The van der Waals surface area contributed by atoms with Crippen molar-refractivity contribution >= 4 is 32.6 Å². The fraction of sp³-hybridized carbons (Fsp3) is 0.385. The number of ether oxygens (including phenoxy) is 1. The lowest BCUT2D eigenvalue weighted by atomic mass is 10.3. The standard InChI is InChI=1S/C13H14N2O2S/c1-2-17-9-4-3-5-10-11(9)14-13(18-10)15-12(16)8-6-7-8/h3-5,8H,2,6-7H2,1H3,(H,14,15,16). The molecule has 3 rings (SSSR count). The molecule has 0 bridgehead atoms. The van der Waals surface area contributed by atoms with Crippen LogP contribution in [0.5, 0.6) is 5.75 Å². The molecule has 4 nitrogen and oxygen atoms in total. The summed E-state index contributed by atoms with van der Waals surface area (Å²) in [5.74, 6) is 1.06. The normalized spacial score (nSPS) is 14.7. The second kappa shape index (κ2) is 4.57. The molecule has 0 unspecified atom stereocenters. The van der Waals surface area contributed by atoms with Crippen molar-refractivity contribution in [1.29, 1.82) is 0 Å². The van der Waals surface area contributed by atoms with Crippen LogP contribution in [0, 0.1) is 5.92 Å². The van der Waals surface area contributed by atoms with Crippen LogP contribution in [0.4, 0.5) is 5.13 Å². The van der Waals surface area contributed by atoms with Gasteiger partial charge in [-0.3, -0.25) is 4.79 Å². The van der Waals surface area contributed by atoms with Gasteiger partial charge in [-0.05, 0) is 31.9 Å². The highest BCUT2D eigenvalue weighted by Crippen LogP contribution is 2.34. The number of anilines is 1. The molecule has 0 radical (unpaired) electrons. The Labute approximate surface area is 109 Å². The molecule has 0 saturated heterocycles. The maximum absolute atomic E-state index is 11.7. The quantitative estimate of drug-likeness (QED) is 0.921.